The molecule has 342 valence electrons. The standard InChI is InChI=1S/2C29H35.2CH3.2ClH.H2Si.Zr/c2*1-21-12-17-27(26-15-13-25(14-16-26)24-10-6-3-7-11-24)29-20-23(19-28(21)29)18-22-8-4-2-5-9-22;;;;;;/h2*12-17,19-20,22,24H,2-11,18H2,1H3;2*1H3;2*1H;1H2;. The van der Waals surface area contributed by atoms with Crippen molar-refractivity contribution in [1.29, 1.82) is 0 Å². The molecule has 0 nitrogen and oxygen atoms in total. The van der Waals surface area contributed by atoms with Gasteiger partial charge in [-0.05, 0) is 0 Å². The normalized spacial score (nSPS) is 22.5. The second kappa shape index (κ2) is 20.3. The third-order valence-electron chi connectivity index (χ3n) is 18.0. The van der Waals surface area contributed by atoms with Crippen molar-refractivity contribution >= 4 is 43.8 Å². The number of hydrogen-bond acceptors (Lipinski definition) is 0. The van der Waals surface area contributed by atoms with E-state index in [1.54, 1.807) is 33.4 Å². The summed E-state index contributed by atoms with van der Waals surface area (Å²) in [6.45, 7) is 7.58. The van der Waals surface area contributed by atoms with Crippen molar-refractivity contribution in [3.05, 3.63) is 128 Å². The fourth-order valence-electron chi connectivity index (χ4n) is 14.9. The SMILES string of the molecule is Cc1ccc(-c2ccc(C3CCCCC3)cc2)c2c1[CH]([Zr]([CH3])([CH3])(=[SiH2])[CH]1C(CC3CCCCC3)=Cc3c(-c4ccc(C5CCCCC5)cc4)ccc(C)c31)C(CC1CCCCC1)=C2.Cl.Cl. The van der Waals surface area contributed by atoms with Gasteiger partial charge in [0.2, 0.25) is 0 Å². The van der Waals surface area contributed by atoms with E-state index in [4.69, 9.17) is 0 Å². The first kappa shape index (κ1) is 48.5. The predicted molar refractivity (Wildman–Crippen MR) is 283 cm³/mol. The molecule has 4 aromatic carbocycles. The van der Waals surface area contributed by atoms with Gasteiger partial charge in [-0.1, -0.05) is 0 Å². The molecule has 4 aromatic rings. The summed E-state index contributed by atoms with van der Waals surface area (Å²) in [5.74, 6) is 3.16. The summed E-state index contributed by atoms with van der Waals surface area (Å²) in [5, 5.41) is 0. The Morgan fingerprint density at radius 1 is 0.438 bits per heavy atom. The van der Waals surface area contributed by atoms with E-state index in [2.05, 4.69) is 115 Å². The Kier molecular flexibility index (Phi) is 15.4. The molecule has 0 bridgehead atoms. The van der Waals surface area contributed by atoms with Crippen LogP contribution in [0.5, 0.6) is 0 Å². The van der Waals surface area contributed by atoms with Crippen LogP contribution in [-0.4, -0.2) is 6.88 Å². The number of aryl methyl sites for hydroxylation is 2. The Bertz CT molecular complexity index is 2230. The molecule has 0 saturated heterocycles. The Labute approximate surface area is 404 Å². The number of allylic oxidation sites excluding steroid dienone is 2. The van der Waals surface area contributed by atoms with Crippen LogP contribution in [0.2, 0.25) is 9.26 Å². The van der Waals surface area contributed by atoms with Crippen LogP contribution in [0.15, 0.2) is 83.9 Å². The number of rotatable bonds is 10. The zero-order chi connectivity index (χ0) is 42.5. The molecule has 0 heterocycles. The van der Waals surface area contributed by atoms with E-state index >= 15 is 0 Å². The van der Waals surface area contributed by atoms with E-state index in [-0.39, 0.29) is 24.8 Å². The summed E-state index contributed by atoms with van der Waals surface area (Å²) in [6.07, 6.45) is 36.3. The second-order valence-corrected chi connectivity index (χ2v) is 53.6. The number of fused-ring (bicyclic) bond motifs is 2. The molecule has 64 heavy (non-hydrogen) atoms. The Hall–Kier alpha value is -1.96. The van der Waals surface area contributed by atoms with Crippen LogP contribution in [0.3, 0.4) is 0 Å². The molecule has 0 amide bonds. The number of halogens is 2. The number of benzene rings is 4. The molecule has 0 aliphatic heterocycles. The first-order valence-electron chi connectivity index (χ1n) is 26.1. The minimum absolute atomic E-state index is 0. The van der Waals surface area contributed by atoms with Gasteiger partial charge in [-0.3, -0.25) is 0 Å². The van der Waals surface area contributed by atoms with Crippen molar-refractivity contribution in [2.45, 2.75) is 183 Å². The maximum Gasteiger partial charge on any atom is -0.147 e. The van der Waals surface area contributed by atoms with Gasteiger partial charge in [0, 0.05) is 0 Å². The molecular formula is C60H80Cl2SiZr. The quantitative estimate of drug-likeness (QED) is 0.139. The zero-order valence-corrected chi connectivity index (χ0v) is 45.6. The Morgan fingerprint density at radius 2 is 0.766 bits per heavy atom. The maximum absolute atomic E-state index is 3.95. The molecule has 0 N–H and O–H groups in total. The molecule has 0 spiro atoms. The minimum atomic E-state index is -3.95. The third kappa shape index (κ3) is 9.55. The van der Waals surface area contributed by atoms with Crippen molar-refractivity contribution in [2.24, 2.45) is 11.8 Å². The summed E-state index contributed by atoms with van der Waals surface area (Å²) in [5.41, 5.74) is 22.3. The van der Waals surface area contributed by atoms with Gasteiger partial charge < -0.3 is 0 Å². The van der Waals surface area contributed by atoms with Gasteiger partial charge in [-0.15, -0.1) is 24.8 Å². The molecule has 4 heteroatoms. The van der Waals surface area contributed by atoms with Gasteiger partial charge in [0.1, 0.15) is 0 Å². The van der Waals surface area contributed by atoms with Crippen LogP contribution in [0.4, 0.5) is 0 Å². The first-order chi connectivity index (χ1) is 30.1. The smallest absolute Gasteiger partial charge is 0.147 e. The van der Waals surface area contributed by atoms with E-state index < -0.39 is 17.4 Å². The fraction of sp³-hybridized carbons (Fsp3) is 0.533. The monoisotopic (exact) mass is 988 g/mol. The van der Waals surface area contributed by atoms with Crippen molar-refractivity contribution < 1.29 is 17.4 Å². The molecule has 6 aliphatic carbocycles. The maximum atomic E-state index is 2.96. The topological polar surface area (TPSA) is 0 Å². The molecule has 2 unspecified atom stereocenters. The molecule has 0 aromatic heterocycles. The Balaban J connectivity index is 0.00000280. The van der Waals surface area contributed by atoms with Crippen LogP contribution >= 0.6 is 24.8 Å². The molecule has 10 rings (SSSR count). The first-order valence-corrected chi connectivity index (χ1v) is 39.7. The number of hydrogen-bond donors (Lipinski definition) is 0. The van der Waals surface area contributed by atoms with Gasteiger partial charge >= 0.3 is 382 Å². The van der Waals surface area contributed by atoms with Gasteiger partial charge in [-0.25, -0.2) is 0 Å². The van der Waals surface area contributed by atoms with Crippen LogP contribution in [0.1, 0.15) is 205 Å². The molecule has 2 atom stereocenters. The summed E-state index contributed by atoms with van der Waals surface area (Å²) < 4.78 is 7.05. The van der Waals surface area contributed by atoms with E-state index in [0.29, 0.717) is 7.25 Å². The van der Waals surface area contributed by atoms with Crippen LogP contribution in [0, 0.1) is 25.7 Å². The van der Waals surface area contributed by atoms with Crippen molar-refractivity contribution in [2.75, 3.05) is 0 Å². The molecule has 0 radical (unpaired) electrons. The van der Waals surface area contributed by atoms with Gasteiger partial charge in [0.25, 0.3) is 0 Å². The Morgan fingerprint density at radius 3 is 1.11 bits per heavy atom. The molecule has 6 aliphatic rings. The van der Waals surface area contributed by atoms with E-state index in [1.165, 1.54) is 175 Å². The van der Waals surface area contributed by atoms with E-state index in [0.717, 1.165) is 23.7 Å². The fourth-order valence-corrected chi connectivity index (χ4v) is 34.7. The summed E-state index contributed by atoms with van der Waals surface area (Å²) in [6, 6.07) is 30.1. The van der Waals surface area contributed by atoms with Crippen LogP contribution in [0.25, 0.3) is 34.4 Å². The molecular weight excluding hydrogens is 911 g/mol. The average Bonchev–Trinajstić information content (AvgIpc) is 3.90. The van der Waals surface area contributed by atoms with E-state index in [9.17, 15) is 0 Å². The van der Waals surface area contributed by atoms with E-state index in [1.807, 2.05) is 11.1 Å². The predicted octanol–water partition coefficient (Wildman–Crippen LogP) is 18.4. The molecule has 4 saturated carbocycles. The van der Waals surface area contributed by atoms with Crippen LogP contribution in [-0.2, 0) is 17.4 Å². The molecule has 4 fully saturated rings. The van der Waals surface area contributed by atoms with Gasteiger partial charge in [0.15, 0.2) is 0 Å². The van der Waals surface area contributed by atoms with Crippen LogP contribution < -0.4 is 0 Å². The summed E-state index contributed by atoms with van der Waals surface area (Å²) in [7, 11) is 0. The largest absolute Gasteiger partial charge is 0.147 e. The van der Waals surface area contributed by atoms with Crippen molar-refractivity contribution in [1.82, 2.24) is 0 Å². The second-order valence-electron chi connectivity index (χ2n) is 23.1. The average molecular weight is 992 g/mol. The van der Waals surface area contributed by atoms with Gasteiger partial charge in [-0.2, -0.15) is 0 Å². The summed E-state index contributed by atoms with van der Waals surface area (Å²) >= 11 is -3.95. The van der Waals surface area contributed by atoms with Crippen molar-refractivity contribution in [3.63, 3.8) is 0 Å². The third-order valence-corrected chi connectivity index (χ3v) is 35.4. The van der Waals surface area contributed by atoms with Gasteiger partial charge in [0.05, 0.1) is 0 Å². The zero-order valence-electron chi connectivity index (χ0n) is 40.1. The van der Waals surface area contributed by atoms with Crippen molar-refractivity contribution in [3.8, 4) is 22.3 Å². The minimum Gasteiger partial charge on any atom is -0.147 e. The summed E-state index contributed by atoms with van der Waals surface area (Å²) in [4.78, 5) is 0.